The molecule has 5 nitrogen and oxygen atoms in total. The molecule has 2 amide bonds. The molecule has 2 aromatic carbocycles. The van der Waals surface area contributed by atoms with Crippen LogP contribution < -0.4 is 10.1 Å². The van der Waals surface area contributed by atoms with Crippen molar-refractivity contribution in [2.24, 2.45) is 0 Å². The third-order valence-electron chi connectivity index (χ3n) is 4.97. The van der Waals surface area contributed by atoms with E-state index >= 15 is 0 Å². The third kappa shape index (κ3) is 6.63. The van der Waals surface area contributed by atoms with Gasteiger partial charge in [0.05, 0.1) is 7.11 Å². The van der Waals surface area contributed by atoms with Gasteiger partial charge in [-0.05, 0) is 49.9 Å². The summed E-state index contributed by atoms with van der Waals surface area (Å²) in [7, 11) is 1.62. The number of likely N-dealkylation sites (N-methyl/N-ethyl adjacent to an activating group) is 1. The molecule has 0 fully saturated rings. The summed E-state index contributed by atoms with van der Waals surface area (Å²) in [6, 6.07) is 15.3. The molecule has 0 radical (unpaired) electrons. The number of hydrogen-bond acceptors (Lipinski definition) is 3. The van der Waals surface area contributed by atoms with Crippen LogP contribution in [0.5, 0.6) is 5.75 Å². The van der Waals surface area contributed by atoms with Gasteiger partial charge in [0, 0.05) is 19.5 Å². The predicted octanol–water partition coefficient (Wildman–Crippen LogP) is 3.88. The van der Waals surface area contributed by atoms with Gasteiger partial charge in [0.2, 0.25) is 11.8 Å². The summed E-state index contributed by atoms with van der Waals surface area (Å²) in [5, 5.41) is 2.86. The molecular weight excluding hydrogens is 364 g/mol. The highest BCUT2D eigenvalue weighted by molar-refractivity contribution is 5.87. The number of nitrogens with zero attached hydrogens (tertiary/aromatic N) is 1. The van der Waals surface area contributed by atoms with E-state index in [1.165, 1.54) is 5.56 Å². The summed E-state index contributed by atoms with van der Waals surface area (Å²) in [5.41, 5.74) is 3.26. The maximum Gasteiger partial charge on any atom is 0.242 e. The zero-order valence-electron chi connectivity index (χ0n) is 17.9. The first-order chi connectivity index (χ1) is 14.0. The van der Waals surface area contributed by atoms with Gasteiger partial charge in [-0.1, -0.05) is 48.9 Å². The molecule has 0 aliphatic carbocycles. The highest BCUT2D eigenvalue weighted by Gasteiger charge is 2.28. The first-order valence-corrected chi connectivity index (χ1v) is 10.2. The van der Waals surface area contributed by atoms with E-state index in [0.717, 1.165) is 16.9 Å². The number of rotatable bonds is 10. The number of carbonyl (C=O) groups is 2. The van der Waals surface area contributed by atoms with Gasteiger partial charge in [-0.25, -0.2) is 0 Å². The van der Waals surface area contributed by atoms with Crippen LogP contribution in [0.25, 0.3) is 0 Å². The molecular formula is C24H32N2O3. The summed E-state index contributed by atoms with van der Waals surface area (Å²) < 4.78 is 5.30. The SMILES string of the molecule is CCNC(=O)[C@@H](CC)N(Cc1cccc(OC)c1)C(=O)CCc1ccc(C)cc1. The lowest BCUT2D eigenvalue weighted by molar-refractivity contribution is -0.141. The van der Waals surface area contributed by atoms with E-state index in [1.54, 1.807) is 12.0 Å². The van der Waals surface area contributed by atoms with Gasteiger partial charge in [-0.3, -0.25) is 9.59 Å². The number of methoxy groups -OCH3 is 1. The summed E-state index contributed by atoms with van der Waals surface area (Å²) >= 11 is 0. The van der Waals surface area contributed by atoms with Crippen molar-refractivity contribution in [2.45, 2.75) is 52.6 Å². The number of amides is 2. The molecule has 156 valence electrons. The van der Waals surface area contributed by atoms with Gasteiger partial charge in [0.15, 0.2) is 0 Å². The van der Waals surface area contributed by atoms with E-state index in [2.05, 4.69) is 29.6 Å². The Morgan fingerprint density at radius 2 is 1.79 bits per heavy atom. The number of ether oxygens (including phenoxy) is 1. The lowest BCUT2D eigenvalue weighted by atomic mass is 10.0. The topological polar surface area (TPSA) is 58.6 Å². The Kier molecular flexibility index (Phi) is 8.71. The number of benzene rings is 2. The molecule has 5 heteroatoms. The molecule has 0 heterocycles. The molecule has 0 aliphatic heterocycles. The van der Waals surface area contributed by atoms with Crippen molar-refractivity contribution < 1.29 is 14.3 Å². The minimum atomic E-state index is -0.494. The Balaban J connectivity index is 2.20. The highest BCUT2D eigenvalue weighted by Crippen LogP contribution is 2.18. The summed E-state index contributed by atoms with van der Waals surface area (Å²) in [6.45, 7) is 6.78. The molecule has 2 rings (SSSR count). The minimum Gasteiger partial charge on any atom is -0.497 e. The van der Waals surface area contributed by atoms with Crippen LogP contribution >= 0.6 is 0 Å². The van der Waals surface area contributed by atoms with Gasteiger partial charge in [0.25, 0.3) is 0 Å². The fourth-order valence-electron chi connectivity index (χ4n) is 3.33. The maximum absolute atomic E-state index is 13.2. The summed E-state index contributed by atoms with van der Waals surface area (Å²) in [5.74, 6) is 0.605. The molecule has 29 heavy (non-hydrogen) atoms. The standard InChI is InChI=1S/C24H32N2O3/c1-5-22(24(28)25-6-2)26(17-20-8-7-9-21(16-20)29-4)23(27)15-14-19-12-10-18(3)11-13-19/h7-13,16,22H,5-6,14-15,17H2,1-4H3,(H,25,28)/t22-/m1/s1. The van der Waals surface area contributed by atoms with Crippen molar-refractivity contribution in [1.29, 1.82) is 0 Å². The zero-order chi connectivity index (χ0) is 21.2. The van der Waals surface area contributed by atoms with Gasteiger partial charge in [0.1, 0.15) is 11.8 Å². The average Bonchev–Trinajstić information content (AvgIpc) is 2.73. The van der Waals surface area contributed by atoms with Crippen molar-refractivity contribution in [3.05, 3.63) is 65.2 Å². The molecule has 0 bridgehead atoms. The zero-order valence-corrected chi connectivity index (χ0v) is 17.9. The quantitative estimate of drug-likeness (QED) is 0.663. The molecule has 0 aliphatic rings. The summed E-state index contributed by atoms with van der Waals surface area (Å²) in [4.78, 5) is 27.5. The number of hydrogen-bond donors (Lipinski definition) is 1. The van der Waals surface area contributed by atoms with E-state index in [4.69, 9.17) is 4.74 Å². The molecule has 0 saturated carbocycles. The van der Waals surface area contributed by atoms with E-state index in [0.29, 0.717) is 32.4 Å². The number of aryl methyl sites for hydroxylation is 2. The van der Waals surface area contributed by atoms with Crippen LogP contribution in [0.2, 0.25) is 0 Å². The molecule has 1 N–H and O–H groups in total. The second kappa shape index (κ2) is 11.2. The van der Waals surface area contributed by atoms with Gasteiger partial charge < -0.3 is 15.0 Å². The largest absolute Gasteiger partial charge is 0.497 e. The van der Waals surface area contributed by atoms with Crippen LogP contribution in [-0.2, 0) is 22.6 Å². The first-order valence-electron chi connectivity index (χ1n) is 10.2. The van der Waals surface area contributed by atoms with Crippen LogP contribution in [0, 0.1) is 6.92 Å². The molecule has 0 aromatic heterocycles. The Morgan fingerprint density at radius 1 is 1.07 bits per heavy atom. The van der Waals surface area contributed by atoms with Crippen molar-refractivity contribution in [1.82, 2.24) is 10.2 Å². The van der Waals surface area contributed by atoms with E-state index in [9.17, 15) is 9.59 Å². The molecule has 0 saturated heterocycles. The lowest BCUT2D eigenvalue weighted by Gasteiger charge is -2.30. The minimum absolute atomic E-state index is 0.0218. The van der Waals surface area contributed by atoms with Crippen LogP contribution in [0.4, 0.5) is 0 Å². The smallest absolute Gasteiger partial charge is 0.242 e. The Hall–Kier alpha value is -2.82. The van der Waals surface area contributed by atoms with Crippen molar-refractivity contribution in [3.63, 3.8) is 0 Å². The van der Waals surface area contributed by atoms with E-state index in [-0.39, 0.29) is 11.8 Å². The van der Waals surface area contributed by atoms with Crippen LogP contribution in [0.15, 0.2) is 48.5 Å². The van der Waals surface area contributed by atoms with Gasteiger partial charge in [-0.2, -0.15) is 0 Å². The second-order valence-electron chi connectivity index (χ2n) is 7.18. The molecule has 0 spiro atoms. The maximum atomic E-state index is 13.2. The summed E-state index contributed by atoms with van der Waals surface area (Å²) in [6.07, 6.45) is 1.58. The van der Waals surface area contributed by atoms with Gasteiger partial charge in [-0.15, -0.1) is 0 Å². The van der Waals surface area contributed by atoms with E-state index < -0.39 is 6.04 Å². The van der Waals surface area contributed by atoms with Crippen molar-refractivity contribution >= 4 is 11.8 Å². The molecule has 0 unspecified atom stereocenters. The van der Waals surface area contributed by atoms with E-state index in [1.807, 2.05) is 45.0 Å². The van der Waals surface area contributed by atoms with Crippen molar-refractivity contribution in [3.8, 4) is 5.75 Å². The fraction of sp³-hybridized carbons (Fsp3) is 0.417. The van der Waals surface area contributed by atoms with Crippen LogP contribution in [0.1, 0.15) is 43.4 Å². The van der Waals surface area contributed by atoms with Gasteiger partial charge >= 0.3 is 0 Å². The second-order valence-corrected chi connectivity index (χ2v) is 7.18. The highest BCUT2D eigenvalue weighted by atomic mass is 16.5. The van der Waals surface area contributed by atoms with Crippen LogP contribution in [-0.4, -0.2) is 36.4 Å². The number of nitrogens with one attached hydrogen (secondary N) is 1. The van der Waals surface area contributed by atoms with Crippen molar-refractivity contribution in [2.75, 3.05) is 13.7 Å². The number of carbonyl (C=O) groups excluding carboxylic acids is 2. The molecule has 2 aromatic rings. The Bertz CT molecular complexity index is 802. The molecule has 1 atom stereocenters. The average molecular weight is 397 g/mol. The predicted molar refractivity (Wildman–Crippen MR) is 116 cm³/mol. The monoisotopic (exact) mass is 396 g/mol. The lowest BCUT2D eigenvalue weighted by Crippen LogP contribution is -2.49. The van der Waals surface area contributed by atoms with Crippen LogP contribution in [0.3, 0.4) is 0 Å². The fourth-order valence-corrected chi connectivity index (χ4v) is 3.33. The Morgan fingerprint density at radius 3 is 2.41 bits per heavy atom. The first kappa shape index (κ1) is 22.5. The third-order valence-corrected chi connectivity index (χ3v) is 4.97. The normalized spacial score (nSPS) is 11.6. The Labute approximate surface area is 174 Å².